The molecular weight excluding hydrogens is 647 g/mol. The van der Waals surface area contributed by atoms with Gasteiger partial charge < -0.3 is 14.4 Å². The molecule has 0 aliphatic rings. The van der Waals surface area contributed by atoms with E-state index in [1.165, 1.54) is 0 Å². The van der Waals surface area contributed by atoms with Crippen molar-refractivity contribution in [3.05, 3.63) is 156 Å². The van der Waals surface area contributed by atoms with Crippen LogP contribution in [0.25, 0.3) is 89.7 Å². The second kappa shape index (κ2) is 12.0. The van der Waals surface area contributed by atoms with Gasteiger partial charge in [0.15, 0.2) is 0 Å². The summed E-state index contributed by atoms with van der Waals surface area (Å²) in [5.41, 5.74) is 10.9. The van der Waals surface area contributed by atoms with E-state index < -0.39 is 0 Å². The van der Waals surface area contributed by atoms with Crippen LogP contribution in [0.15, 0.2) is 150 Å². The number of nitrogens with one attached hydrogen (secondary N) is 2. The van der Waals surface area contributed by atoms with Crippen LogP contribution in [0, 0.1) is 0 Å². The molecule has 9 aromatic rings. The largest absolute Gasteiger partial charge is 0.456 e. The van der Waals surface area contributed by atoms with E-state index in [1.807, 2.05) is 84.9 Å². The van der Waals surface area contributed by atoms with E-state index in [9.17, 15) is 0 Å². The van der Waals surface area contributed by atoms with Gasteiger partial charge in [-0.05, 0) is 48.5 Å². The van der Waals surface area contributed by atoms with E-state index in [2.05, 4.69) is 70.6 Å². The summed E-state index contributed by atoms with van der Waals surface area (Å²) < 4.78 is 6.58. The number of H-pyrrole nitrogens is 2. The highest BCUT2D eigenvalue weighted by molar-refractivity contribution is 6.31. The number of fused-ring (bicyclic) bond motifs is 3. The smallest absolute Gasteiger partial charge is 0.138 e. The molecule has 5 nitrogen and oxygen atoms in total. The van der Waals surface area contributed by atoms with Crippen LogP contribution < -0.4 is 0 Å². The quantitative estimate of drug-likeness (QED) is 0.185. The SMILES string of the molecule is Clc1cccc(-c2nc(-c3ccccc3)c(-c3ccc4c(c3)oc3cc(-c5[nH]c(-c6cccc(Cl)c6)nc5-c5ccccc5)ccc34)[nH]2)c1. The van der Waals surface area contributed by atoms with E-state index >= 15 is 0 Å². The van der Waals surface area contributed by atoms with Crippen LogP contribution >= 0.6 is 23.2 Å². The summed E-state index contributed by atoms with van der Waals surface area (Å²) in [7, 11) is 0. The molecule has 0 amide bonds. The van der Waals surface area contributed by atoms with Gasteiger partial charge in [0.1, 0.15) is 22.8 Å². The molecule has 0 saturated carbocycles. The maximum Gasteiger partial charge on any atom is 0.138 e. The Hall–Kier alpha value is -5.88. The van der Waals surface area contributed by atoms with E-state index in [1.54, 1.807) is 0 Å². The summed E-state index contributed by atoms with van der Waals surface area (Å²) in [5, 5.41) is 3.39. The van der Waals surface area contributed by atoms with E-state index in [-0.39, 0.29) is 0 Å². The normalized spacial score (nSPS) is 11.5. The second-order valence-corrected chi connectivity index (χ2v) is 12.8. The first-order valence-corrected chi connectivity index (χ1v) is 16.6. The Morgan fingerprint density at radius 2 is 0.837 bits per heavy atom. The first-order chi connectivity index (χ1) is 24.1. The number of hydrogen-bond donors (Lipinski definition) is 2. The van der Waals surface area contributed by atoms with Gasteiger partial charge in [-0.2, -0.15) is 0 Å². The average molecular weight is 674 g/mol. The number of aromatic nitrogens is 4. The Kier molecular flexibility index (Phi) is 7.15. The van der Waals surface area contributed by atoms with Gasteiger partial charge in [0, 0.05) is 54.2 Å². The minimum absolute atomic E-state index is 0.659. The molecule has 3 heterocycles. The summed E-state index contributed by atoms with van der Waals surface area (Å²) in [4.78, 5) is 17.2. The zero-order valence-electron chi connectivity index (χ0n) is 25.9. The van der Waals surface area contributed by atoms with Crippen LogP contribution in [-0.2, 0) is 0 Å². The van der Waals surface area contributed by atoms with Gasteiger partial charge in [-0.25, -0.2) is 9.97 Å². The molecular formula is C42H26Cl2N4O. The van der Waals surface area contributed by atoms with Crippen LogP contribution in [0.3, 0.4) is 0 Å². The molecule has 0 spiro atoms. The number of halogens is 2. The first-order valence-electron chi connectivity index (χ1n) is 15.9. The monoisotopic (exact) mass is 672 g/mol. The summed E-state index contributed by atoms with van der Waals surface area (Å²) >= 11 is 12.7. The molecule has 0 radical (unpaired) electrons. The maximum atomic E-state index is 6.58. The Bertz CT molecular complexity index is 2460. The van der Waals surface area contributed by atoms with Gasteiger partial charge in [-0.3, -0.25) is 0 Å². The molecule has 0 atom stereocenters. The number of benzene rings is 6. The van der Waals surface area contributed by atoms with Crippen molar-refractivity contribution in [3.63, 3.8) is 0 Å². The van der Waals surface area contributed by atoms with Crippen LogP contribution in [0.2, 0.25) is 10.0 Å². The fourth-order valence-corrected chi connectivity index (χ4v) is 6.79. The lowest BCUT2D eigenvalue weighted by Gasteiger charge is -2.04. The van der Waals surface area contributed by atoms with Crippen molar-refractivity contribution in [2.24, 2.45) is 0 Å². The molecule has 0 unspecified atom stereocenters. The van der Waals surface area contributed by atoms with E-state index in [4.69, 9.17) is 37.6 Å². The number of nitrogens with zero attached hydrogens (tertiary/aromatic N) is 2. The minimum atomic E-state index is 0.659. The van der Waals surface area contributed by atoms with Crippen LogP contribution in [-0.4, -0.2) is 19.9 Å². The van der Waals surface area contributed by atoms with Gasteiger partial charge in [0.2, 0.25) is 0 Å². The predicted molar refractivity (Wildman–Crippen MR) is 201 cm³/mol. The molecule has 0 aliphatic carbocycles. The fourth-order valence-electron chi connectivity index (χ4n) is 6.41. The summed E-state index contributed by atoms with van der Waals surface area (Å²) in [6.07, 6.45) is 0. The zero-order chi connectivity index (χ0) is 32.9. The van der Waals surface area contributed by atoms with Crippen molar-refractivity contribution in [1.29, 1.82) is 0 Å². The van der Waals surface area contributed by atoms with Crippen molar-refractivity contribution in [2.75, 3.05) is 0 Å². The molecule has 0 fully saturated rings. The van der Waals surface area contributed by atoms with Crippen molar-refractivity contribution in [2.45, 2.75) is 0 Å². The van der Waals surface area contributed by atoms with Crippen LogP contribution in [0.4, 0.5) is 0 Å². The lowest BCUT2D eigenvalue weighted by Crippen LogP contribution is -1.84. The third kappa shape index (κ3) is 5.39. The molecule has 3 aromatic heterocycles. The molecule has 234 valence electrons. The molecule has 6 aromatic carbocycles. The highest BCUT2D eigenvalue weighted by Crippen LogP contribution is 2.40. The molecule has 7 heteroatoms. The van der Waals surface area contributed by atoms with Crippen LogP contribution in [0.5, 0.6) is 0 Å². The summed E-state index contributed by atoms with van der Waals surface area (Å²) in [5.74, 6) is 1.49. The first kappa shape index (κ1) is 29.3. The van der Waals surface area contributed by atoms with Crippen molar-refractivity contribution in [1.82, 2.24) is 19.9 Å². The number of furan rings is 1. The Labute approximate surface area is 291 Å². The lowest BCUT2D eigenvalue weighted by molar-refractivity contribution is 0.669. The summed E-state index contributed by atoms with van der Waals surface area (Å²) in [6, 6.07) is 48.4. The van der Waals surface area contributed by atoms with Gasteiger partial charge in [0.25, 0.3) is 0 Å². The molecule has 0 saturated heterocycles. The Balaban J connectivity index is 1.16. The molecule has 0 bridgehead atoms. The Morgan fingerprint density at radius 1 is 0.408 bits per heavy atom. The third-order valence-corrected chi connectivity index (χ3v) is 9.22. The van der Waals surface area contributed by atoms with Gasteiger partial charge in [0.05, 0.1) is 22.8 Å². The van der Waals surface area contributed by atoms with Crippen molar-refractivity contribution < 1.29 is 4.42 Å². The topological polar surface area (TPSA) is 70.5 Å². The molecule has 49 heavy (non-hydrogen) atoms. The predicted octanol–water partition coefficient (Wildman–Crippen LogP) is 12.3. The average Bonchev–Trinajstić information content (AvgIpc) is 3.88. The van der Waals surface area contributed by atoms with Gasteiger partial charge >= 0.3 is 0 Å². The Morgan fingerprint density at radius 3 is 1.27 bits per heavy atom. The van der Waals surface area contributed by atoms with Gasteiger partial charge in [-0.1, -0.05) is 120 Å². The fraction of sp³-hybridized carbons (Fsp3) is 0. The molecule has 0 aliphatic heterocycles. The zero-order valence-corrected chi connectivity index (χ0v) is 27.4. The number of hydrogen-bond acceptors (Lipinski definition) is 3. The van der Waals surface area contributed by atoms with E-state index in [0.717, 1.165) is 89.7 Å². The van der Waals surface area contributed by atoms with E-state index in [0.29, 0.717) is 10.0 Å². The summed E-state index contributed by atoms with van der Waals surface area (Å²) in [6.45, 7) is 0. The van der Waals surface area contributed by atoms with Crippen molar-refractivity contribution >= 4 is 45.1 Å². The standard InChI is InChI=1S/C42H26Cl2N4O/c43-31-15-7-13-29(21-31)41-45-37(25-9-3-1-4-10-25)39(47-41)27-17-19-33-34-20-18-28(24-36(34)49-35(33)23-27)40-38(26-11-5-2-6-12-26)46-42(48-40)30-14-8-16-32(44)22-30/h1-24H,(H,45,47)(H,46,48). The number of aromatic amines is 2. The highest BCUT2D eigenvalue weighted by Gasteiger charge is 2.20. The van der Waals surface area contributed by atoms with Crippen molar-refractivity contribution in [3.8, 4) is 67.8 Å². The van der Waals surface area contributed by atoms with Gasteiger partial charge in [-0.15, -0.1) is 0 Å². The highest BCUT2D eigenvalue weighted by atomic mass is 35.5. The van der Waals surface area contributed by atoms with Crippen LogP contribution in [0.1, 0.15) is 0 Å². The maximum absolute atomic E-state index is 6.58. The number of imidazole rings is 2. The second-order valence-electron chi connectivity index (χ2n) is 11.9. The number of rotatable bonds is 6. The minimum Gasteiger partial charge on any atom is -0.456 e. The third-order valence-electron chi connectivity index (χ3n) is 8.75. The molecule has 9 rings (SSSR count). The lowest BCUT2D eigenvalue weighted by atomic mass is 10.0. The molecule has 2 N–H and O–H groups in total.